The van der Waals surface area contributed by atoms with Crippen molar-refractivity contribution in [2.75, 3.05) is 11.9 Å². The predicted octanol–water partition coefficient (Wildman–Crippen LogP) is 1.14. The summed E-state index contributed by atoms with van der Waals surface area (Å²) in [5.41, 5.74) is -0.233. The Morgan fingerprint density at radius 3 is 2.93 bits per heavy atom. The van der Waals surface area contributed by atoms with Crippen molar-refractivity contribution in [2.24, 2.45) is 0 Å². The minimum atomic E-state index is -0.787. The molecule has 1 heterocycles. The summed E-state index contributed by atoms with van der Waals surface area (Å²) in [4.78, 5) is 4.02. The summed E-state index contributed by atoms with van der Waals surface area (Å²) in [6.45, 7) is 3.80. The molecule has 4 heteroatoms. The van der Waals surface area contributed by atoms with Gasteiger partial charge in [0.25, 0.3) is 0 Å². The van der Waals surface area contributed by atoms with Crippen molar-refractivity contribution in [2.45, 2.75) is 19.4 Å². The first kappa shape index (κ1) is 10.5. The highest BCUT2D eigenvalue weighted by Crippen LogP contribution is 2.08. The molecule has 0 bridgehead atoms. The van der Waals surface area contributed by atoms with Crippen molar-refractivity contribution >= 4 is 5.82 Å². The lowest BCUT2D eigenvalue weighted by atomic mass is 10.1. The Morgan fingerprint density at radius 1 is 1.64 bits per heavy atom. The number of aromatic nitrogens is 1. The van der Waals surface area contributed by atoms with Gasteiger partial charge in [0.05, 0.1) is 17.2 Å². The molecule has 0 amide bonds. The highest BCUT2D eigenvalue weighted by molar-refractivity contribution is 5.42. The van der Waals surface area contributed by atoms with Crippen LogP contribution >= 0.6 is 0 Å². The minimum absolute atomic E-state index is 0.398. The molecule has 4 nitrogen and oxygen atoms in total. The summed E-state index contributed by atoms with van der Waals surface area (Å²) in [5.74, 6) is 0.603. The first-order chi connectivity index (χ1) is 6.51. The maximum absolute atomic E-state index is 9.45. The maximum Gasteiger partial charge on any atom is 0.127 e. The molecule has 0 atom stereocenters. The van der Waals surface area contributed by atoms with E-state index in [4.69, 9.17) is 5.26 Å². The van der Waals surface area contributed by atoms with Crippen molar-refractivity contribution in [3.63, 3.8) is 0 Å². The lowest BCUT2D eigenvalue weighted by molar-refractivity contribution is 0.0944. The van der Waals surface area contributed by atoms with Gasteiger partial charge >= 0.3 is 0 Å². The van der Waals surface area contributed by atoms with E-state index in [-0.39, 0.29) is 0 Å². The smallest absolute Gasteiger partial charge is 0.127 e. The quantitative estimate of drug-likeness (QED) is 0.751. The van der Waals surface area contributed by atoms with Crippen molar-refractivity contribution in [3.05, 3.63) is 23.9 Å². The van der Waals surface area contributed by atoms with E-state index in [9.17, 15) is 5.11 Å². The molecule has 1 aromatic rings. The third kappa shape index (κ3) is 3.42. The third-order valence-electron chi connectivity index (χ3n) is 1.59. The fourth-order valence-electron chi connectivity index (χ4n) is 0.904. The van der Waals surface area contributed by atoms with Crippen LogP contribution in [-0.2, 0) is 0 Å². The molecule has 0 aliphatic carbocycles. The first-order valence-corrected chi connectivity index (χ1v) is 4.34. The van der Waals surface area contributed by atoms with E-state index in [1.165, 1.54) is 0 Å². The van der Waals surface area contributed by atoms with E-state index in [1.807, 2.05) is 6.07 Å². The van der Waals surface area contributed by atoms with Crippen LogP contribution in [0.2, 0.25) is 0 Å². The Hall–Kier alpha value is -1.60. The molecule has 0 saturated heterocycles. The Bertz CT molecular complexity index is 349. The molecule has 0 aliphatic rings. The van der Waals surface area contributed by atoms with Gasteiger partial charge in [0.1, 0.15) is 5.82 Å². The topological polar surface area (TPSA) is 68.9 Å². The van der Waals surface area contributed by atoms with Crippen LogP contribution in [0.15, 0.2) is 18.3 Å². The van der Waals surface area contributed by atoms with Crippen LogP contribution in [0.3, 0.4) is 0 Å². The Kier molecular flexibility index (Phi) is 3.05. The summed E-state index contributed by atoms with van der Waals surface area (Å²) in [5, 5.41) is 21.0. The monoisotopic (exact) mass is 191 g/mol. The summed E-state index contributed by atoms with van der Waals surface area (Å²) >= 11 is 0. The van der Waals surface area contributed by atoms with E-state index in [1.54, 1.807) is 32.2 Å². The molecule has 0 fully saturated rings. The van der Waals surface area contributed by atoms with E-state index in [2.05, 4.69) is 10.3 Å². The first-order valence-electron chi connectivity index (χ1n) is 4.34. The molecule has 0 unspecified atom stereocenters. The van der Waals surface area contributed by atoms with Crippen molar-refractivity contribution in [1.29, 1.82) is 5.26 Å². The second-order valence-electron chi connectivity index (χ2n) is 3.71. The molecule has 1 rings (SSSR count). The Labute approximate surface area is 83.2 Å². The molecule has 0 aliphatic heterocycles. The lowest BCUT2D eigenvalue weighted by Crippen LogP contribution is -2.29. The SMILES string of the molecule is CC(C)(O)CNc1cc(C#N)ccn1. The van der Waals surface area contributed by atoms with E-state index in [0.717, 1.165) is 0 Å². The van der Waals surface area contributed by atoms with Crippen molar-refractivity contribution < 1.29 is 5.11 Å². The third-order valence-corrected chi connectivity index (χ3v) is 1.59. The number of hydrogen-bond donors (Lipinski definition) is 2. The number of nitrogens with one attached hydrogen (secondary N) is 1. The maximum atomic E-state index is 9.45. The Morgan fingerprint density at radius 2 is 2.36 bits per heavy atom. The second kappa shape index (κ2) is 4.07. The van der Waals surface area contributed by atoms with Gasteiger partial charge in [0.2, 0.25) is 0 Å². The van der Waals surface area contributed by atoms with Gasteiger partial charge in [-0.15, -0.1) is 0 Å². The van der Waals surface area contributed by atoms with Crippen LogP contribution in [0.25, 0.3) is 0 Å². The zero-order valence-corrected chi connectivity index (χ0v) is 8.28. The van der Waals surface area contributed by atoms with Crippen LogP contribution in [0.1, 0.15) is 19.4 Å². The van der Waals surface area contributed by atoms with Gasteiger partial charge in [0, 0.05) is 12.7 Å². The zero-order valence-electron chi connectivity index (χ0n) is 8.28. The number of aliphatic hydroxyl groups is 1. The fraction of sp³-hybridized carbons (Fsp3) is 0.400. The summed E-state index contributed by atoms with van der Waals surface area (Å²) in [7, 11) is 0. The van der Waals surface area contributed by atoms with Gasteiger partial charge in [0.15, 0.2) is 0 Å². The summed E-state index contributed by atoms with van der Waals surface area (Å²) < 4.78 is 0. The second-order valence-corrected chi connectivity index (χ2v) is 3.71. The average Bonchev–Trinajstić information content (AvgIpc) is 2.14. The zero-order chi connectivity index (χ0) is 10.6. The normalized spacial score (nSPS) is 10.7. The number of nitrogens with zero attached hydrogens (tertiary/aromatic N) is 2. The molecule has 0 spiro atoms. The summed E-state index contributed by atoms with van der Waals surface area (Å²) in [6, 6.07) is 5.30. The molecule has 0 radical (unpaired) electrons. The van der Waals surface area contributed by atoms with Crippen molar-refractivity contribution in [3.8, 4) is 6.07 Å². The molecule has 1 aromatic heterocycles. The number of anilines is 1. The van der Waals surface area contributed by atoms with Gasteiger partial charge in [-0.3, -0.25) is 0 Å². The molecule has 2 N–H and O–H groups in total. The molecular weight excluding hydrogens is 178 g/mol. The standard InChI is InChI=1S/C10H13N3O/c1-10(2,14)7-13-9-5-8(6-11)3-4-12-9/h3-5,14H,7H2,1-2H3,(H,12,13). The molecule has 0 aromatic carbocycles. The molecule has 14 heavy (non-hydrogen) atoms. The number of pyridine rings is 1. The number of rotatable bonds is 3. The van der Waals surface area contributed by atoms with Gasteiger partial charge in [-0.1, -0.05) is 0 Å². The summed E-state index contributed by atoms with van der Waals surface area (Å²) in [6.07, 6.45) is 1.56. The van der Waals surface area contributed by atoms with E-state index < -0.39 is 5.60 Å². The number of hydrogen-bond acceptors (Lipinski definition) is 4. The largest absolute Gasteiger partial charge is 0.389 e. The van der Waals surface area contributed by atoms with Gasteiger partial charge in [-0.05, 0) is 26.0 Å². The van der Waals surface area contributed by atoms with Crippen LogP contribution in [0.5, 0.6) is 0 Å². The van der Waals surface area contributed by atoms with Gasteiger partial charge < -0.3 is 10.4 Å². The van der Waals surface area contributed by atoms with Gasteiger partial charge in [-0.2, -0.15) is 5.26 Å². The predicted molar refractivity (Wildman–Crippen MR) is 53.7 cm³/mol. The molecular formula is C10H13N3O. The van der Waals surface area contributed by atoms with Crippen LogP contribution in [0, 0.1) is 11.3 Å². The average molecular weight is 191 g/mol. The number of nitriles is 1. The highest BCUT2D eigenvalue weighted by Gasteiger charge is 2.11. The van der Waals surface area contributed by atoms with Crippen LogP contribution in [0.4, 0.5) is 5.82 Å². The molecule has 74 valence electrons. The van der Waals surface area contributed by atoms with Crippen LogP contribution in [-0.4, -0.2) is 22.2 Å². The molecule has 0 saturated carbocycles. The fourth-order valence-corrected chi connectivity index (χ4v) is 0.904. The van der Waals surface area contributed by atoms with Crippen molar-refractivity contribution in [1.82, 2.24) is 4.98 Å². The van der Waals surface area contributed by atoms with Crippen LogP contribution < -0.4 is 5.32 Å². The van der Waals surface area contributed by atoms with E-state index >= 15 is 0 Å². The Balaban J connectivity index is 2.65. The highest BCUT2D eigenvalue weighted by atomic mass is 16.3. The van der Waals surface area contributed by atoms with E-state index in [0.29, 0.717) is 17.9 Å². The minimum Gasteiger partial charge on any atom is -0.389 e. The lowest BCUT2D eigenvalue weighted by Gasteiger charge is -2.17. The van der Waals surface area contributed by atoms with Gasteiger partial charge in [-0.25, -0.2) is 4.98 Å².